The summed E-state index contributed by atoms with van der Waals surface area (Å²) in [5, 5.41) is 15.6. The lowest BCUT2D eigenvalue weighted by Gasteiger charge is -2.26. The van der Waals surface area contributed by atoms with Crippen LogP contribution in [0.15, 0.2) is 49.1 Å². The fourth-order valence-corrected chi connectivity index (χ4v) is 5.10. The molecule has 4 aromatic rings. The predicted octanol–water partition coefficient (Wildman–Crippen LogP) is 1.90. The summed E-state index contributed by atoms with van der Waals surface area (Å²) in [4.78, 5) is 23.2. The topological polar surface area (TPSA) is 142 Å². The van der Waals surface area contributed by atoms with Gasteiger partial charge in [-0.1, -0.05) is 17.3 Å². The Morgan fingerprint density at radius 2 is 2.14 bits per heavy atom. The van der Waals surface area contributed by atoms with E-state index in [4.69, 9.17) is 15.5 Å². The van der Waals surface area contributed by atoms with E-state index in [0.717, 1.165) is 61.7 Å². The van der Waals surface area contributed by atoms with Gasteiger partial charge in [0.1, 0.15) is 0 Å². The van der Waals surface area contributed by atoms with Crippen LogP contribution in [0.2, 0.25) is 0 Å². The molecule has 3 N–H and O–H groups in total. The largest absolute Gasteiger partial charge is 0.380 e. The third kappa shape index (κ3) is 4.80. The lowest BCUT2D eigenvalue weighted by Crippen LogP contribution is -2.35. The number of nitrogens with zero attached hydrogens (tertiary/aromatic N) is 8. The Morgan fingerprint density at radius 3 is 2.89 bits per heavy atom. The van der Waals surface area contributed by atoms with Gasteiger partial charge in [0, 0.05) is 50.7 Å². The molecule has 0 radical (unpaired) electrons. The summed E-state index contributed by atoms with van der Waals surface area (Å²) in [5.41, 5.74) is 10.6. The third-order valence-corrected chi connectivity index (χ3v) is 6.98. The first-order valence-electron chi connectivity index (χ1n) is 12.3. The number of amides is 1. The van der Waals surface area contributed by atoms with Crippen molar-refractivity contribution in [1.82, 2.24) is 39.6 Å². The van der Waals surface area contributed by atoms with Crippen LogP contribution in [0.1, 0.15) is 40.5 Å². The van der Waals surface area contributed by atoms with Gasteiger partial charge in [-0.25, -0.2) is 14.6 Å². The van der Waals surface area contributed by atoms with Gasteiger partial charge >= 0.3 is 0 Å². The van der Waals surface area contributed by atoms with E-state index >= 15 is 0 Å². The average Bonchev–Trinajstić information content (AvgIpc) is 3.65. The lowest BCUT2D eigenvalue weighted by atomic mass is 9.96. The predicted molar refractivity (Wildman–Crippen MR) is 135 cm³/mol. The number of ether oxygens (including phenoxy) is 1. The van der Waals surface area contributed by atoms with Crippen LogP contribution in [0.5, 0.6) is 0 Å². The number of carbonyl (C=O) groups excluding carboxylic acids is 1. The molecule has 6 rings (SSSR count). The van der Waals surface area contributed by atoms with Crippen LogP contribution in [0.25, 0.3) is 11.3 Å². The van der Waals surface area contributed by atoms with Crippen LogP contribution in [0, 0.1) is 0 Å². The number of aromatic nitrogens is 7. The number of fused-ring (bicyclic) bond motifs is 1. The molecule has 0 aliphatic carbocycles. The number of anilines is 2. The third-order valence-electron chi connectivity index (χ3n) is 6.98. The van der Waals surface area contributed by atoms with Crippen molar-refractivity contribution in [3.05, 3.63) is 65.9 Å². The molecule has 0 saturated carbocycles. The zero-order chi connectivity index (χ0) is 25.4. The van der Waals surface area contributed by atoms with Crippen molar-refractivity contribution in [3.63, 3.8) is 0 Å². The van der Waals surface area contributed by atoms with Gasteiger partial charge < -0.3 is 15.8 Å². The zero-order valence-corrected chi connectivity index (χ0v) is 20.5. The van der Waals surface area contributed by atoms with Gasteiger partial charge in [-0.3, -0.25) is 14.4 Å². The van der Waals surface area contributed by atoms with E-state index < -0.39 is 5.91 Å². The monoisotopic (exact) mass is 500 g/mol. The molecule has 1 amide bonds. The number of aryl methyl sites for hydroxylation is 1. The van der Waals surface area contributed by atoms with Gasteiger partial charge in [-0.15, -0.1) is 5.10 Å². The fourth-order valence-electron chi connectivity index (χ4n) is 5.10. The van der Waals surface area contributed by atoms with E-state index in [2.05, 4.69) is 48.8 Å². The van der Waals surface area contributed by atoms with Crippen molar-refractivity contribution < 1.29 is 9.53 Å². The highest BCUT2D eigenvalue weighted by atomic mass is 16.5. The molecular formula is C25H28N10O2. The summed E-state index contributed by atoms with van der Waals surface area (Å²) in [6, 6.07) is 8.61. The van der Waals surface area contributed by atoms with Gasteiger partial charge in [0.25, 0.3) is 5.91 Å². The number of rotatable bonds is 6. The Balaban J connectivity index is 1.35. The van der Waals surface area contributed by atoms with E-state index in [1.165, 1.54) is 5.56 Å². The van der Waals surface area contributed by atoms with Gasteiger partial charge in [-0.05, 0) is 36.1 Å². The standard InChI is InChI=1S/C25H28N10O2/c1-33-13-18(11-28-33)29-25-27-7-4-21(30-25)16-2-3-20-17(10-16)12-34(19-6-9-37-15-19)8-5-23(20)35-14-22(24(26)36)31-32-35/h2-4,7,10-11,13-14,19,23H,5-6,8-9,12,15H2,1H3,(H2,26,36)(H,27,29,30)/t19-,23-/m0/s1. The van der Waals surface area contributed by atoms with Crippen LogP contribution in [0.3, 0.4) is 0 Å². The second-order valence-corrected chi connectivity index (χ2v) is 9.45. The summed E-state index contributed by atoms with van der Waals surface area (Å²) >= 11 is 0. The van der Waals surface area contributed by atoms with Crippen molar-refractivity contribution in [2.24, 2.45) is 12.8 Å². The van der Waals surface area contributed by atoms with Crippen LogP contribution >= 0.6 is 0 Å². The van der Waals surface area contributed by atoms with Crippen LogP contribution < -0.4 is 11.1 Å². The second-order valence-electron chi connectivity index (χ2n) is 9.45. The first-order valence-corrected chi connectivity index (χ1v) is 12.3. The van der Waals surface area contributed by atoms with Gasteiger partial charge in [0.2, 0.25) is 5.95 Å². The first kappa shape index (κ1) is 23.3. The van der Waals surface area contributed by atoms with Crippen LogP contribution in [-0.2, 0) is 18.3 Å². The summed E-state index contributed by atoms with van der Waals surface area (Å²) in [6.45, 7) is 3.19. The average molecular weight is 501 g/mol. The molecule has 2 aliphatic heterocycles. The summed E-state index contributed by atoms with van der Waals surface area (Å²) in [7, 11) is 1.86. The number of primary amides is 1. The molecule has 1 aromatic carbocycles. The molecule has 0 spiro atoms. The minimum absolute atomic E-state index is 0.0646. The molecule has 1 fully saturated rings. The van der Waals surface area contributed by atoms with Gasteiger partial charge in [0.05, 0.1) is 36.4 Å². The smallest absolute Gasteiger partial charge is 0.270 e. The Bertz CT molecular complexity index is 1420. The first-order chi connectivity index (χ1) is 18.0. The molecule has 0 bridgehead atoms. The van der Waals surface area contributed by atoms with Crippen LogP contribution in [-0.4, -0.2) is 71.3 Å². The van der Waals surface area contributed by atoms with Crippen molar-refractivity contribution >= 4 is 17.5 Å². The number of nitrogens with two attached hydrogens (primary N) is 1. The molecule has 2 aliphatic rings. The van der Waals surface area contributed by atoms with Crippen LogP contribution in [0.4, 0.5) is 11.6 Å². The molecular weight excluding hydrogens is 472 g/mol. The maximum atomic E-state index is 11.6. The fraction of sp³-hybridized carbons (Fsp3) is 0.360. The molecule has 0 unspecified atom stereocenters. The highest BCUT2D eigenvalue weighted by Gasteiger charge is 2.30. The highest BCUT2D eigenvalue weighted by molar-refractivity contribution is 5.90. The number of hydrogen-bond donors (Lipinski definition) is 2. The Labute approximate surface area is 213 Å². The van der Waals surface area contributed by atoms with E-state index in [1.54, 1.807) is 28.0 Å². The normalized spacial score (nSPS) is 19.9. The van der Waals surface area contributed by atoms with Gasteiger partial charge in [-0.2, -0.15) is 5.10 Å². The molecule has 12 nitrogen and oxygen atoms in total. The number of benzene rings is 1. The minimum atomic E-state index is -0.584. The lowest BCUT2D eigenvalue weighted by molar-refractivity contribution is 0.0995. The minimum Gasteiger partial charge on any atom is -0.380 e. The summed E-state index contributed by atoms with van der Waals surface area (Å²) in [5.74, 6) is -0.0794. The molecule has 5 heterocycles. The number of nitrogens with one attached hydrogen (secondary N) is 1. The van der Waals surface area contributed by atoms with Crippen molar-refractivity contribution in [2.45, 2.75) is 31.5 Å². The zero-order valence-electron chi connectivity index (χ0n) is 20.5. The van der Waals surface area contributed by atoms with E-state index in [-0.39, 0.29) is 11.7 Å². The molecule has 1 saturated heterocycles. The maximum absolute atomic E-state index is 11.6. The SMILES string of the molecule is Cn1cc(Nc2nccc(-c3ccc4c(c3)CN([C@H]3CCOC3)CC[C@@H]4n3cc(C(N)=O)nn3)n2)cn1. The van der Waals surface area contributed by atoms with Crippen molar-refractivity contribution in [3.8, 4) is 11.3 Å². The molecule has 12 heteroatoms. The van der Waals surface area contributed by atoms with Crippen molar-refractivity contribution in [1.29, 1.82) is 0 Å². The van der Waals surface area contributed by atoms with Crippen molar-refractivity contribution in [2.75, 3.05) is 25.1 Å². The van der Waals surface area contributed by atoms with Gasteiger partial charge in [0.15, 0.2) is 5.69 Å². The Kier molecular flexibility index (Phi) is 6.10. The Hall–Kier alpha value is -4.16. The molecule has 2 atom stereocenters. The molecule has 190 valence electrons. The summed E-state index contributed by atoms with van der Waals surface area (Å²) in [6.07, 6.45) is 8.83. The second kappa shape index (κ2) is 9.71. The quantitative estimate of drug-likeness (QED) is 0.406. The number of carbonyl (C=O) groups is 1. The molecule has 37 heavy (non-hydrogen) atoms. The van der Waals surface area contributed by atoms with E-state index in [1.807, 2.05) is 19.3 Å². The molecule has 3 aromatic heterocycles. The summed E-state index contributed by atoms with van der Waals surface area (Å²) < 4.78 is 9.16. The van der Waals surface area contributed by atoms with E-state index in [9.17, 15) is 4.79 Å². The maximum Gasteiger partial charge on any atom is 0.270 e. The number of hydrogen-bond acceptors (Lipinski definition) is 9. The Morgan fingerprint density at radius 1 is 1.22 bits per heavy atom. The van der Waals surface area contributed by atoms with E-state index in [0.29, 0.717) is 12.0 Å². The highest BCUT2D eigenvalue weighted by Crippen LogP contribution is 2.34.